The van der Waals surface area contributed by atoms with E-state index in [-0.39, 0.29) is 0 Å². The van der Waals surface area contributed by atoms with Crippen LogP contribution in [0.5, 0.6) is 0 Å². The number of hydrogen-bond acceptors (Lipinski definition) is 3. The van der Waals surface area contributed by atoms with Crippen LogP contribution in [0.2, 0.25) is 5.02 Å². The van der Waals surface area contributed by atoms with Crippen molar-refractivity contribution in [2.75, 3.05) is 13.1 Å². The minimum atomic E-state index is -0.411. The van der Waals surface area contributed by atoms with Crippen LogP contribution in [-0.4, -0.2) is 35.4 Å². The summed E-state index contributed by atoms with van der Waals surface area (Å²) in [5, 5.41) is 14.4. The molecule has 1 aliphatic heterocycles. The van der Waals surface area contributed by atoms with Crippen molar-refractivity contribution in [3.05, 3.63) is 34.9 Å². The van der Waals surface area contributed by atoms with E-state index in [1.165, 1.54) is 18.4 Å². The predicted molar refractivity (Wildman–Crippen MR) is 81.5 cm³/mol. The highest BCUT2D eigenvalue weighted by molar-refractivity contribution is 6.30. The maximum Gasteiger partial charge on any atom is 0.105 e. The molecule has 1 aliphatic carbocycles. The summed E-state index contributed by atoms with van der Waals surface area (Å²) in [6.07, 6.45) is 1.98. The molecule has 0 spiro atoms. The zero-order chi connectivity index (χ0) is 14.1. The molecule has 1 aromatic carbocycles. The Morgan fingerprint density at radius 1 is 1.35 bits per heavy atom. The Hall–Kier alpha value is -0.610. The molecule has 2 aliphatic rings. The number of halogens is 1. The maximum absolute atomic E-state index is 10.1. The molecule has 1 aromatic rings. The van der Waals surface area contributed by atoms with E-state index >= 15 is 0 Å². The lowest BCUT2D eigenvalue weighted by Crippen LogP contribution is -2.40. The SMILES string of the molecule is CC(O)N(Cc1cccc(Cl)c1)C1C[C@H]2CNC[C@H]2C1. The van der Waals surface area contributed by atoms with Gasteiger partial charge in [0.05, 0.1) is 0 Å². The molecular formula is C16H23ClN2O. The first-order valence-corrected chi connectivity index (χ1v) is 7.90. The van der Waals surface area contributed by atoms with Crippen molar-refractivity contribution in [2.45, 2.75) is 38.6 Å². The smallest absolute Gasteiger partial charge is 0.105 e. The monoisotopic (exact) mass is 294 g/mol. The summed E-state index contributed by atoms with van der Waals surface area (Å²) < 4.78 is 0. The van der Waals surface area contributed by atoms with Gasteiger partial charge in [-0.05, 0) is 62.4 Å². The normalized spacial score (nSPS) is 30.7. The van der Waals surface area contributed by atoms with Gasteiger partial charge in [-0.1, -0.05) is 23.7 Å². The zero-order valence-electron chi connectivity index (χ0n) is 11.9. The van der Waals surface area contributed by atoms with Crippen molar-refractivity contribution in [3.8, 4) is 0 Å². The van der Waals surface area contributed by atoms with Crippen molar-refractivity contribution < 1.29 is 5.11 Å². The molecule has 1 heterocycles. The predicted octanol–water partition coefficient (Wildman–Crippen LogP) is 2.48. The minimum Gasteiger partial charge on any atom is -0.379 e. The van der Waals surface area contributed by atoms with E-state index in [2.05, 4.69) is 16.3 Å². The van der Waals surface area contributed by atoms with Gasteiger partial charge in [-0.15, -0.1) is 0 Å². The summed E-state index contributed by atoms with van der Waals surface area (Å²) in [7, 11) is 0. The van der Waals surface area contributed by atoms with Crippen LogP contribution in [0.1, 0.15) is 25.3 Å². The van der Waals surface area contributed by atoms with E-state index in [4.69, 9.17) is 11.6 Å². The minimum absolute atomic E-state index is 0.411. The van der Waals surface area contributed by atoms with Crippen LogP contribution in [0, 0.1) is 11.8 Å². The molecule has 0 amide bonds. The molecular weight excluding hydrogens is 272 g/mol. The summed E-state index contributed by atoms with van der Waals surface area (Å²) in [5.74, 6) is 1.58. The summed E-state index contributed by atoms with van der Waals surface area (Å²) in [4.78, 5) is 2.23. The van der Waals surface area contributed by atoms with Gasteiger partial charge in [-0.2, -0.15) is 0 Å². The van der Waals surface area contributed by atoms with Gasteiger partial charge in [-0.25, -0.2) is 0 Å². The number of benzene rings is 1. The first-order chi connectivity index (χ1) is 9.63. The van der Waals surface area contributed by atoms with E-state index in [0.29, 0.717) is 6.04 Å². The highest BCUT2D eigenvalue weighted by atomic mass is 35.5. The van der Waals surface area contributed by atoms with Crippen molar-refractivity contribution in [1.82, 2.24) is 10.2 Å². The number of rotatable bonds is 4. The Labute approximate surface area is 125 Å². The number of aliphatic hydroxyl groups is 1. The molecule has 20 heavy (non-hydrogen) atoms. The topological polar surface area (TPSA) is 35.5 Å². The second-order valence-corrected chi connectivity index (χ2v) is 6.67. The Balaban J connectivity index is 1.70. The number of nitrogens with one attached hydrogen (secondary N) is 1. The average Bonchev–Trinajstić information content (AvgIpc) is 2.96. The van der Waals surface area contributed by atoms with E-state index < -0.39 is 6.23 Å². The van der Waals surface area contributed by atoms with Crippen molar-refractivity contribution >= 4 is 11.6 Å². The summed E-state index contributed by atoms with van der Waals surface area (Å²) in [6.45, 7) is 4.94. The number of aliphatic hydroxyl groups excluding tert-OH is 1. The first kappa shape index (κ1) is 14.3. The first-order valence-electron chi connectivity index (χ1n) is 7.52. The van der Waals surface area contributed by atoms with Gasteiger partial charge in [0.15, 0.2) is 0 Å². The fourth-order valence-corrected chi connectivity index (χ4v) is 4.03. The van der Waals surface area contributed by atoms with Gasteiger partial charge in [0.1, 0.15) is 6.23 Å². The van der Waals surface area contributed by atoms with Crippen molar-refractivity contribution in [1.29, 1.82) is 0 Å². The Morgan fingerprint density at radius 3 is 2.65 bits per heavy atom. The second kappa shape index (κ2) is 6.02. The van der Waals surface area contributed by atoms with Crippen LogP contribution < -0.4 is 5.32 Å². The molecule has 4 heteroatoms. The van der Waals surface area contributed by atoms with E-state index in [1.807, 2.05) is 25.1 Å². The molecule has 2 fully saturated rings. The number of hydrogen-bond donors (Lipinski definition) is 2. The summed E-state index contributed by atoms with van der Waals surface area (Å²) in [5.41, 5.74) is 1.17. The van der Waals surface area contributed by atoms with Gasteiger partial charge < -0.3 is 10.4 Å². The van der Waals surface area contributed by atoms with Crippen LogP contribution in [0.4, 0.5) is 0 Å². The zero-order valence-corrected chi connectivity index (χ0v) is 12.7. The van der Waals surface area contributed by atoms with Crippen molar-refractivity contribution in [3.63, 3.8) is 0 Å². The fraction of sp³-hybridized carbons (Fsp3) is 0.625. The second-order valence-electron chi connectivity index (χ2n) is 6.24. The summed E-state index contributed by atoms with van der Waals surface area (Å²) >= 11 is 6.06. The van der Waals surface area contributed by atoms with Crippen LogP contribution in [0.25, 0.3) is 0 Å². The van der Waals surface area contributed by atoms with Gasteiger partial charge in [0, 0.05) is 17.6 Å². The summed E-state index contributed by atoms with van der Waals surface area (Å²) in [6, 6.07) is 8.44. The van der Waals surface area contributed by atoms with Crippen LogP contribution >= 0.6 is 11.6 Å². The maximum atomic E-state index is 10.1. The molecule has 1 saturated heterocycles. The van der Waals surface area contributed by atoms with Gasteiger partial charge in [0.25, 0.3) is 0 Å². The standard InChI is InChI=1S/C16H23ClN2O/c1-11(20)19(10-12-3-2-4-15(17)5-12)16-6-13-8-18-9-14(13)7-16/h2-5,11,13-14,16,18,20H,6-10H2,1H3/t11?,13-,14+,16?. The van der Waals surface area contributed by atoms with E-state index in [1.54, 1.807) is 0 Å². The third-order valence-electron chi connectivity index (χ3n) is 4.83. The van der Waals surface area contributed by atoms with Crippen LogP contribution in [0.15, 0.2) is 24.3 Å². The highest BCUT2D eigenvalue weighted by Gasteiger charge is 2.40. The fourth-order valence-electron chi connectivity index (χ4n) is 3.82. The molecule has 1 saturated carbocycles. The van der Waals surface area contributed by atoms with Gasteiger partial charge >= 0.3 is 0 Å². The molecule has 3 nitrogen and oxygen atoms in total. The largest absolute Gasteiger partial charge is 0.379 e. The molecule has 0 radical (unpaired) electrons. The quantitative estimate of drug-likeness (QED) is 0.838. The van der Waals surface area contributed by atoms with Gasteiger partial charge in [-0.3, -0.25) is 4.90 Å². The molecule has 2 N–H and O–H groups in total. The van der Waals surface area contributed by atoms with Gasteiger partial charge in [0.2, 0.25) is 0 Å². The lowest BCUT2D eigenvalue weighted by Gasteiger charge is -2.32. The average molecular weight is 295 g/mol. The lowest BCUT2D eigenvalue weighted by atomic mass is 10.0. The lowest BCUT2D eigenvalue weighted by molar-refractivity contribution is -0.0185. The van der Waals surface area contributed by atoms with Crippen LogP contribution in [0.3, 0.4) is 0 Å². The highest BCUT2D eigenvalue weighted by Crippen LogP contribution is 2.38. The molecule has 0 bridgehead atoms. The third kappa shape index (κ3) is 3.01. The number of nitrogens with zero attached hydrogens (tertiary/aromatic N) is 1. The molecule has 0 aromatic heterocycles. The molecule has 110 valence electrons. The Morgan fingerprint density at radius 2 is 2.05 bits per heavy atom. The molecule has 2 unspecified atom stereocenters. The molecule has 3 rings (SSSR count). The Bertz CT molecular complexity index is 454. The number of fused-ring (bicyclic) bond motifs is 1. The third-order valence-corrected chi connectivity index (χ3v) is 5.07. The Kier molecular flexibility index (Phi) is 4.32. The molecule has 4 atom stereocenters. The van der Waals surface area contributed by atoms with Crippen LogP contribution in [-0.2, 0) is 6.54 Å². The van der Waals surface area contributed by atoms with E-state index in [0.717, 1.165) is 36.5 Å². The van der Waals surface area contributed by atoms with E-state index in [9.17, 15) is 5.11 Å². The van der Waals surface area contributed by atoms with Crippen molar-refractivity contribution in [2.24, 2.45) is 11.8 Å².